The summed E-state index contributed by atoms with van der Waals surface area (Å²) in [5.41, 5.74) is 2.85. The van der Waals surface area contributed by atoms with Gasteiger partial charge in [-0.05, 0) is 21.9 Å². The molecule has 0 aliphatic heterocycles. The summed E-state index contributed by atoms with van der Waals surface area (Å²) in [6.45, 7) is 0.485. The minimum Gasteiger partial charge on any atom is -0.351 e. The molecule has 0 radical (unpaired) electrons. The van der Waals surface area contributed by atoms with Crippen molar-refractivity contribution in [3.8, 4) is 11.1 Å². The molecule has 164 valence electrons. The minimum atomic E-state index is -0.142. The lowest BCUT2D eigenvalue weighted by Gasteiger charge is -2.08. The number of thiophene rings is 1. The largest absolute Gasteiger partial charge is 0.351 e. The number of benzene rings is 3. The van der Waals surface area contributed by atoms with Crippen molar-refractivity contribution in [2.75, 3.05) is 5.75 Å². The molecule has 0 fully saturated rings. The van der Waals surface area contributed by atoms with Gasteiger partial charge in [-0.1, -0.05) is 72.8 Å². The molecule has 0 aliphatic rings. The maximum absolute atomic E-state index is 12.7. The van der Waals surface area contributed by atoms with Gasteiger partial charge in [0.2, 0.25) is 5.91 Å². The molecule has 33 heavy (non-hydrogen) atoms. The standard InChI is InChI=1S/C26H21N3O2S2/c30-23(27-13-19-11-6-10-17-9-4-5-12-20(17)19)16-32-15-22-28-25(31)24-21(14-33-26(24)29-22)18-7-2-1-3-8-18/h1-12,14H,13,15-16H2,(H,27,30)(H,28,29,31). The number of nitrogens with one attached hydrogen (secondary N) is 2. The highest BCUT2D eigenvalue weighted by Crippen LogP contribution is 2.30. The zero-order chi connectivity index (χ0) is 22.6. The van der Waals surface area contributed by atoms with Crippen molar-refractivity contribution in [3.63, 3.8) is 0 Å². The summed E-state index contributed by atoms with van der Waals surface area (Å²) in [7, 11) is 0. The van der Waals surface area contributed by atoms with Gasteiger partial charge in [-0.25, -0.2) is 4.98 Å². The van der Waals surface area contributed by atoms with E-state index >= 15 is 0 Å². The molecule has 1 amide bonds. The summed E-state index contributed by atoms with van der Waals surface area (Å²) in [6, 6.07) is 24.1. The van der Waals surface area contributed by atoms with Crippen LogP contribution in [-0.2, 0) is 17.1 Å². The van der Waals surface area contributed by atoms with Crippen LogP contribution in [0.3, 0.4) is 0 Å². The normalized spacial score (nSPS) is 11.2. The molecule has 2 heterocycles. The van der Waals surface area contributed by atoms with E-state index in [2.05, 4.69) is 33.5 Å². The van der Waals surface area contributed by atoms with Gasteiger partial charge in [0.15, 0.2) is 0 Å². The quantitative estimate of drug-likeness (QED) is 0.335. The van der Waals surface area contributed by atoms with E-state index in [4.69, 9.17) is 0 Å². The summed E-state index contributed by atoms with van der Waals surface area (Å²) in [5, 5.41) is 7.89. The van der Waals surface area contributed by atoms with Crippen LogP contribution in [-0.4, -0.2) is 21.6 Å². The molecule has 0 unspecified atom stereocenters. The van der Waals surface area contributed by atoms with Crippen LogP contribution in [0, 0.1) is 0 Å². The minimum absolute atomic E-state index is 0.0427. The second kappa shape index (κ2) is 9.60. The molecular weight excluding hydrogens is 450 g/mol. The number of aromatic nitrogens is 2. The van der Waals surface area contributed by atoms with Gasteiger partial charge in [-0.15, -0.1) is 23.1 Å². The number of carbonyl (C=O) groups excluding carboxylic acids is 1. The Morgan fingerprint density at radius 2 is 1.79 bits per heavy atom. The van der Waals surface area contributed by atoms with Crippen LogP contribution < -0.4 is 10.9 Å². The predicted molar refractivity (Wildman–Crippen MR) is 138 cm³/mol. The molecule has 3 aromatic carbocycles. The topological polar surface area (TPSA) is 74.8 Å². The number of nitrogens with zero attached hydrogens (tertiary/aromatic N) is 1. The Morgan fingerprint density at radius 1 is 1.00 bits per heavy atom. The lowest BCUT2D eigenvalue weighted by Crippen LogP contribution is -2.24. The van der Waals surface area contributed by atoms with E-state index in [1.54, 1.807) is 0 Å². The third-order valence-corrected chi connectivity index (χ3v) is 7.22. The highest BCUT2D eigenvalue weighted by atomic mass is 32.2. The van der Waals surface area contributed by atoms with Crippen molar-refractivity contribution >= 4 is 50.0 Å². The van der Waals surface area contributed by atoms with E-state index in [-0.39, 0.29) is 11.5 Å². The summed E-state index contributed by atoms with van der Waals surface area (Å²) in [6.07, 6.45) is 0. The van der Waals surface area contributed by atoms with E-state index in [0.717, 1.165) is 27.5 Å². The molecule has 7 heteroatoms. The van der Waals surface area contributed by atoms with Crippen molar-refractivity contribution in [1.29, 1.82) is 0 Å². The Hall–Kier alpha value is -3.42. The molecule has 5 rings (SSSR count). The van der Waals surface area contributed by atoms with Crippen molar-refractivity contribution in [2.24, 2.45) is 0 Å². The first-order valence-electron chi connectivity index (χ1n) is 10.6. The van der Waals surface area contributed by atoms with Crippen molar-refractivity contribution in [3.05, 3.63) is 99.9 Å². The smallest absolute Gasteiger partial charge is 0.260 e. The van der Waals surface area contributed by atoms with Gasteiger partial charge in [0.1, 0.15) is 10.7 Å². The van der Waals surface area contributed by atoms with Crippen LogP contribution in [0.1, 0.15) is 11.4 Å². The zero-order valence-electron chi connectivity index (χ0n) is 17.7. The van der Waals surface area contributed by atoms with E-state index in [1.165, 1.54) is 23.1 Å². The van der Waals surface area contributed by atoms with E-state index in [0.29, 0.717) is 34.1 Å². The predicted octanol–water partition coefficient (Wildman–Crippen LogP) is 5.35. The second-order valence-corrected chi connectivity index (χ2v) is 9.46. The first kappa shape index (κ1) is 21.4. The first-order valence-corrected chi connectivity index (χ1v) is 12.6. The fraction of sp³-hybridized carbons (Fsp3) is 0.115. The number of aromatic amines is 1. The number of carbonyl (C=O) groups is 1. The highest BCUT2D eigenvalue weighted by molar-refractivity contribution is 7.99. The van der Waals surface area contributed by atoms with Crippen LogP contribution in [0.4, 0.5) is 0 Å². The summed E-state index contributed by atoms with van der Waals surface area (Å²) in [5.74, 6) is 1.30. The van der Waals surface area contributed by atoms with Gasteiger partial charge in [0, 0.05) is 17.5 Å². The van der Waals surface area contributed by atoms with Gasteiger partial charge < -0.3 is 10.3 Å². The molecule has 0 bridgehead atoms. The molecule has 0 saturated carbocycles. The SMILES string of the molecule is O=C(CSCc1nc2scc(-c3ccccc3)c2c(=O)[nH]1)NCc1cccc2ccccc12. The molecule has 0 aliphatic carbocycles. The van der Waals surface area contributed by atoms with E-state index in [9.17, 15) is 9.59 Å². The van der Waals surface area contributed by atoms with Gasteiger partial charge in [-0.3, -0.25) is 9.59 Å². The molecule has 0 atom stereocenters. The van der Waals surface area contributed by atoms with Crippen LogP contribution in [0.5, 0.6) is 0 Å². The lowest BCUT2D eigenvalue weighted by atomic mass is 10.0. The van der Waals surface area contributed by atoms with Gasteiger partial charge in [-0.2, -0.15) is 0 Å². The van der Waals surface area contributed by atoms with Crippen molar-refractivity contribution in [1.82, 2.24) is 15.3 Å². The van der Waals surface area contributed by atoms with Gasteiger partial charge in [0.25, 0.3) is 5.56 Å². The number of fused-ring (bicyclic) bond motifs is 2. The maximum atomic E-state index is 12.7. The molecular formula is C26H21N3O2S2. The van der Waals surface area contributed by atoms with Crippen LogP contribution in [0.2, 0.25) is 0 Å². The molecule has 5 aromatic rings. The summed E-state index contributed by atoms with van der Waals surface area (Å²) in [4.78, 5) is 33.3. The molecule has 2 aromatic heterocycles. The lowest BCUT2D eigenvalue weighted by molar-refractivity contribution is -0.118. The average molecular weight is 472 g/mol. The zero-order valence-corrected chi connectivity index (χ0v) is 19.3. The maximum Gasteiger partial charge on any atom is 0.260 e. The van der Waals surface area contributed by atoms with E-state index in [1.807, 2.05) is 60.0 Å². The van der Waals surface area contributed by atoms with Gasteiger partial charge in [0.05, 0.1) is 16.9 Å². The Bertz CT molecular complexity index is 1490. The number of hydrogen-bond donors (Lipinski definition) is 2. The van der Waals surface area contributed by atoms with Crippen molar-refractivity contribution in [2.45, 2.75) is 12.3 Å². The molecule has 5 nitrogen and oxygen atoms in total. The van der Waals surface area contributed by atoms with E-state index < -0.39 is 0 Å². The third kappa shape index (κ3) is 4.69. The number of thioether (sulfide) groups is 1. The van der Waals surface area contributed by atoms with Crippen LogP contribution in [0.15, 0.2) is 83.0 Å². The summed E-state index contributed by atoms with van der Waals surface area (Å²) < 4.78 is 0. The second-order valence-electron chi connectivity index (χ2n) is 7.62. The molecule has 0 saturated heterocycles. The highest BCUT2D eigenvalue weighted by Gasteiger charge is 2.13. The Balaban J connectivity index is 1.20. The monoisotopic (exact) mass is 471 g/mol. The third-order valence-electron chi connectivity index (χ3n) is 5.41. The number of rotatable bonds is 7. The van der Waals surface area contributed by atoms with Gasteiger partial charge >= 0.3 is 0 Å². The fourth-order valence-electron chi connectivity index (χ4n) is 3.82. The molecule has 0 spiro atoms. The van der Waals surface area contributed by atoms with Crippen LogP contribution >= 0.6 is 23.1 Å². The van der Waals surface area contributed by atoms with Crippen LogP contribution in [0.25, 0.3) is 32.1 Å². The first-order chi connectivity index (χ1) is 16.2. The summed E-state index contributed by atoms with van der Waals surface area (Å²) >= 11 is 2.90. The Kier molecular flexibility index (Phi) is 6.24. The Labute approximate surface area is 198 Å². The number of amides is 1. The average Bonchev–Trinajstić information content (AvgIpc) is 3.28. The molecule has 2 N–H and O–H groups in total. The Morgan fingerprint density at radius 3 is 2.67 bits per heavy atom. The number of hydrogen-bond acceptors (Lipinski definition) is 5. The fourth-order valence-corrected chi connectivity index (χ4v) is 5.51. The number of H-pyrrole nitrogens is 1. The van der Waals surface area contributed by atoms with Crippen molar-refractivity contribution < 1.29 is 4.79 Å².